The molecule has 0 bridgehead atoms. The van der Waals surface area contributed by atoms with Crippen molar-refractivity contribution in [1.29, 1.82) is 0 Å². The molecular weight excluding hydrogens is 84.1 g/mol. The Morgan fingerprint density at radius 1 is 1.00 bits per heavy atom. The third-order valence-corrected chi connectivity index (χ3v) is 1.97. The number of rotatable bonds is 0. The minimum atomic E-state index is 0.833. The molecule has 1 fully saturated rings. The maximum absolute atomic E-state index is 3.16. The Labute approximate surface area is 43.9 Å². The Morgan fingerprint density at radius 2 is 1.57 bits per heavy atom. The van der Waals surface area contributed by atoms with Gasteiger partial charge in [0.15, 0.2) is 0 Å². The Bertz CT molecular complexity index is 122. The predicted molar refractivity (Wildman–Crippen MR) is 28.6 cm³/mol. The zero-order chi connectivity index (χ0) is 4.69. The lowest BCUT2D eigenvalue weighted by Crippen LogP contribution is -2.10. The Balaban J connectivity index is 2.22. The van der Waals surface area contributed by atoms with Crippen LogP contribution in [0.25, 0.3) is 0 Å². The quantitative estimate of drug-likeness (QED) is 0.396. The van der Waals surface area contributed by atoms with Gasteiger partial charge in [-0.15, -0.1) is 0 Å². The number of hydrogen-bond donors (Lipinski definition) is 0. The van der Waals surface area contributed by atoms with Gasteiger partial charge in [-0.25, -0.2) is 0 Å². The molecule has 2 aliphatic rings. The molecule has 2 aliphatic carbocycles. The second kappa shape index (κ2) is 1.04. The van der Waals surface area contributed by atoms with Crippen molar-refractivity contribution in [2.24, 2.45) is 11.8 Å². The van der Waals surface area contributed by atoms with E-state index in [1.807, 2.05) is 0 Å². The molecule has 0 nitrogen and oxygen atoms in total. The molecule has 0 aromatic carbocycles. The van der Waals surface area contributed by atoms with Gasteiger partial charge in [-0.2, -0.15) is 0 Å². The molecule has 7 heavy (non-hydrogen) atoms. The van der Waals surface area contributed by atoms with E-state index in [-0.39, 0.29) is 0 Å². The summed E-state index contributed by atoms with van der Waals surface area (Å²) in [5.41, 5.74) is 0. The van der Waals surface area contributed by atoms with Crippen molar-refractivity contribution in [2.75, 3.05) is 0 Å². The highest BCUT2D eigenvalue weighted by atomic mass is 14.3. The van der Waals surface area contributed by atoms with Crippen molar-refractivity contribution in [1.82, 2.24) is 0 Å². The van der Waals surface area contributed by atoms with Gasteiger partial charge in [0.25, 0.3) is 0 Å². The van der Waals surface area contributed by atoms with Crippen molar-refractivity contribution in [2.45, 2.75) is 19.3 Å². The van der Waals surface area contributed by atoms with Crippen LogP contribution >= 0.6 is 0 Å². The van der Waals surface area contributed by atoms with Crippen LogP contribution in [0.2, 0.25) is 0 Å². The normalized spacial score (nSPS) is 43.4. The van der Waals surface area contributed by atoms with Crippen molar-refractivity contribution in [3.05, 3.63) is 0 Å². The van der Waals surface area contributed by atoms with Crippen LogP contribution in [0.3, 0.4) is 0 Å². The largest absolute Gasteiger partial charge is 0.0983 e. The average molecular weight is 92.1 g/mol. The van der Waals surface area contributed by atoms with Crippen molar-refractivity contribution >= 4 is 0 Å². The highest BCUT2D eigenvalue weighted by Crippen LogP contribution is 2.35. The van der Waals surface area contributed by atoms with Gasteiger partial charge >= 0.3 is 0 Å². The molecule has 2 rings (SSSR count). The summed E-state index contributed by atoms with van der Waals surface area (Å²) in [6.07, 6.45) is 4.19. The Hall–Kier alpha value is -0.440. The standard InChI is InChI=1S/C7H8/c1-2-6-4-5-7(6)3-1/h6-7H,1-3H2. The summed E-state index contributed by atoms with van der Waals surface area (Å²) in [6.45, 7) is 0. The van der Waals surface area contributed by atoms with E-state index in [1.54, 1.807) is 0 Å². The fourth-order valence-electron chi connectivity index (χ4n) is 1.42. The van der Waals surface area contributed by atoms with Crippen LogP contribution in [0.15, 0.2) is 0 Å². The molecule has 0 spiro atoms. The summed E-state index contributed by atoms with van der Waals surface area (Å²) in [5.74, 6) is 7.98. The van der Waals surface area contributed by atoms with Crippen LogP contribution in [0, 0.1) is 23.7 Å². The SMILES string of the molecule is C1#CC2CCCC12. The van der Waals surface area contributed by atoms with Crippen molar-refractivity contribution < 1.29 is 0 Å². The number of fused-ring (bicyclic) bond motifs is 1. The molecule has 0 aliphatic heterocycles. The van der Waals surface area contributed by atoms with E-state index in [0.717, 1.165) is 11.8 Å². The first-order valence-electron chi connectivity index (χ1n) is 2.98. The van der Waals surface area contributed by atoms with Crippen LogP contribution in [-0.4, -0.2) is 0 Å². The topological polar surface area (TPSA) is 0 Å². The molecule has 0 saturated heterocycles. The lowest BCUT2D eigenvalue weighted by Gasteiger charge is -2.13. The van der Waals surface area contributed by atoms with Crippen molar-refractivity contribution in [3.63, 3.8) is 0 Å². The van der Waals surface area contributed by atoms with Crippen LogP contribution in [0.1, 0.15) is 19.3 Å². The van der Waals surface area contributed by atoms with E-state index in [2.05, 4.69) is 11.8 Å². The molecule has 2 unspecified atom stereocenters. The summed E-state index contributed by atoms with van der Waals surface area (Å²) in [7, 11) is 0. The van der Waals surface area contributed by atoms with E-state index in [4.69, 9.17) is 0 Å². The minimum Gasteiger partial charge on any atom is -0.0983 e. The average Bonchev–Trinajstić information content (AvgIpc) is 1.85. The van der Waals surface area contributed by atoms with Crippen LogP contribution < -0.4 is 0 Å². The van der Waals surface area contributed by atoms with E-state index in [0.29, 0.717) is 0 Å². The van der Waals surface area contributed by atoms with Crippen molar-refractivity contribution in [3.8, 4) is 11.8 Å². The van der Waals surface area contributed by atoms with E-state index in [9.17, 15) is 0 Å². The third-order valence-electron chi connectivity index (χ3n) is 1.97. The number of hydrogen-bond acceptors (Lipinski definition) is 0. The molecule has 0 aromatic heterocycles. The van der Waals surface area contributed by atoms with E-state index in [1.165, 1.54) is 19.3 Å². The minimum absolute atomic E-state index is 0.833. The van der Waals surface area contributed by atoms with Gasteiger partial charge in [0.1, 0.15) is 0 Å². The molecule has 1 saturated carbocycles. The molecule has 0 aromatic rings. The molecular formula is C7H8. The third kappa shape index (κ3) is 0.332. The smallest absolute Gasteiger partial charge is 0.0340 e. The first-order valence-corrected chi connectivity index (χ1v) is 2.98. The molecule has 0 heterocycles. The summed E-state index contributed by atoms with van der Waals surface area (Å²) < 4.78 is 0. The summed E-state index contributed by atoms with van der Waals surface area (Å²) >= 11 is 0. The second-order valence-corrected chi connectivity index (χ2v) is 2.43. The molecule has 0 radical (unpaired) electrons. The van der Waals surface area contributed by atoms with Gasteiger partial charge in [0.05, 0.1) is 0 Å². The van der Waals surface area contributed by atoms with E-state index >= 15 is 0 Å². The summed E-state index contributed by atoms with van der Waals surface area (Å²) in [4.78, 5) is 0. The Kier molecular flexibility index (Phi) is 0.526. The highest BCUT2D eigenvalue weighted by Gasteiger charge is 2.28. The van der Waals surface area contributed by atoms with Gasteiger partial charge in [0.2, 0.25) is 0 Å². The lowest BCUT2D eigenvalue weighted by atomic mass is 9.89. The molecule has 2 atom stereocenters. The lowest BCUT2D eigenvalue weighted by molar-refractivity contribution is 0.557. The molecule has 0 N–H and O–H groups in total. The zero-order valence-electron chi connectivity index (χ0n) is 4.28. The van der Waals surface area contributed by atoms with Gasteiger partial charge in [-0.3, -0.25) is 0 Å². The second-order valence-electron chi connectivity index (χ2n) is 2.43. The fraction of sp³-hybridized carbons (Fsp3) is 0.714. The van der Waals surface area contributed by atoms with E-state index < -0.39 is 0 Å². The van der Waals surface area contributed by atoms with Gasteiger partial charge in [-0.1, -0.05) is 18.3 Å². The maximum Gasteiger partial charge on any atom is 0.0340 e. The Morgan fingerprint density at radius 3 is 1.86 bits per heavy atom. The van der Waals surface area contributed by atoms with Crippen LogP contribution in [-0.2, 0) is 0 Å². The van der Waals surface area contributed by atoms with Gasteiger partial charge in [-0.05, 0) is 12.8 Å². The van der Waals surface area contributed by atoms with Crippen LogP contribution in [0.5, 0.6) is 0 Å². The highest BCUT2D eigenvalue weighted by molar-refractivity contribution is 5.24. The molecule has 0 amide bonds. The fourth-order valence-corrected chi connectivity index (χ4v) is 1.42. The summed E-state index contributed by atoms with van der Waals surface area (Å²) in [6, 6.07) is 0. The first-order chi connectivity index (χ1) is 3.47. The van der Waals surface area contributed by atoms with Gasteiger partial charge in [0, 0.05) is 11.8 Å². The predicted octanol–water partition coefficient (Wildman–Crippen LogP) is 1.42. The van der Waals surface area contributed by atoms with Gasteiger partial charge < -0.3 is 0 Å². The maximum atomic E-state index is 3.16. The molecule has 36 valence electrons. The zero-order valence-corrected chi connectivity index (χ0v) is 4.28. The van der Waals surface area contributed by atoms with Crippen LogP contribution in [0.4, 0.5) is 0 Å². The molecule has 0 heteroatoms. The first kappa shape index (κ1) is 3.55. The summed E-state index contributed by atoms with van der Waals surface area (Å²) in [5, 5.41) is 0. The monoisotopic (exact) mass is 92.1 g/mol.